The Balaban J connectivity index is 2.27. The van der Waals surface area contributed by atoms with Gasteiger partial charge in [-0.2, -0.15) is 4.98 Å². The monoisotopic (exact) mass is 270 g/mol. The van der Waals surface area contributed by atoms with Crippen molar-refractivity contribution in [2.75, 3.05) is 6.26 Å². The fraction of sp³-hybridized carbons (Fsp3) is 0.500. The number of nitrogens with zero attached hydrogens (tertiary/aromatic N) is 4. The molecule has 2 aromatic rings. The highest BCUT2D eigenvalue weighted by atomic mass is 32.2. The number of sulfone groups is 1. The van der Waals surface area contributed by atoms with Crippen molar-refractivity contribution in [1.29, 1.82) is 0 Å². The molecular formula is C10H14N4O3S. The third kappa shape index (κ3) is 2.58. The van der Waals surface area contributed by atoms with Gasteiger partial charge in [0.25, 0.3) is 0 Å². The first-order valence-corrected chi connectivity index (χ1v) is 7.30. The lowest BCUT2D eigenvalue weighted by Crippen LogP contribution is -2.10. The third-order valence-electron chi connectivity index (χ3n) is 2.31. The smallest absolute Gasteiger partial charge is 0.246 e. The number of hydrogen-bond donors (Lipinski definition) is 0. The minimum Gasteiger partial charge on any atom is -0.337 e. The molecule has 8 heteroatoms. The van der Waals surface area contributed by atoms with Gasteiger partial charge in [0.15, 0.2) is 5.82 Å². The molecule has 0 amide bonds. The van der Waals surface area contributed by atoms with E-state index >= 15 is 0 Å². The minimum absolute atomic E-state index is 0.00760. The molecule has 0 N–H and O–H groups in total. The summed E-state index contributed by atoms with van der Waals surface area (Å²) in [6, 6.07) is 0. The normalized spacial score (nSPS) is 12.2. The Hall–Kier alpha value is -1.70. The molecule has 2 heterocycles. The van der Waals surface area contributed by atoms with Gasteiger partial charge in [0.2, 0.25) is 20.9 Å². The van der Waals surface area contributed by atoms with E-state index in [1.54, 1.807) is 6.20 Å². The quantitative estimate of drug-likeness (QED) is 0.817. The van der Waals surface area contributed by atoms with E-state index in [0.29, 0.717) is 11.7 Å². The van der Waals surface area contributed by atoms with Crippen LogP contribution in [-0.4, -0.2) is 34.4 Å². The molecule has 98 valence electrons. The second-order valence-corrected chi connectivity index (χ2v) is 6.22. The molecule has 0 aliphatic heterocycles. The average molecular weight is 270 g/mol. The predicted molar refractivity (Wildman–Crippen MR) is 62.8 cm³/mol. The van der Waals surface area contributed by atoms with Gasteiger partial charge in [-0.3, -0.25) is 0 Å². The molecule has 0 radical (unpaired) electrons. The van der Waals surface area contributed by atoms with Crippen molar-refractivity contribution in [3.8, 4) is 0 Å². The number of aromatic nitrogens is 4. The highest BCUT2D eigenvalue weighted by Gasteiger charge is 2.17. The maximum Gasteiger partial charge on any atom is 0.246 e. The van der Waals surface area contributed by atoms with Gasteiger partial charge < -0.3 is 9.09 Å². The van der Waals surface area contributed by atoms with Crippen LogP contribution in [0.25, 0.3) is 0 Å². The summed E-state index contributed by atoms with van der Waals surface area (Å²) in [6.07, 6.45) is 4.10. The fourth-order valence-corrected chi connectivity index (χ4v) is 2.26. The summed E-state index contributed by atoms with van der Waals surface area (Å²) in [5.41, 5.74) is 0. The molecule has 0 atom stereocenters. The van der Waals surface area contributed by atoms with Crippen LogP contribution in [-0.2, 0) is 16.4 Å². The zero-order valence-corrected chi connectivity index (χ0v) is 11.2. The first-order valence-electron chi connectivity index (χ1n) is 5.41. The van der Waals surface area contributed by atoms with E-state index in [0.717, 1.165) is 6.26 Å². The van der Waals surface area contributed by atoms with Crippen LogP contribution in [0.5, 0.6) is 0 Å². The Bertz CT molecular complexity index is 642. The molecule has 0 aliphatic carbocycles. The van der Waals surface area contributed by atoms with Crippen LogP contribution >= 0.6 is 0 Å². The van der Waals surface area contributed by atoms with Crippen LogP contribution in [0.1, 0.15) is 31.5 Å². The summed E-state index contributed by atoms with van der Waals surface area (Å²) in [7, 11) is -3.36. The molecule has 0 spiro atoms. The Morgan fingerprint density at radius 3 is 2.72 bits per heavy atom. The van der Waals surface area contributed by atoms with Crippen LogP contribution in [0.2, 0.25) is 0 Å². The van der Waals surface area contributed by atoms with Gasteiger partial charge in [0.05, 0.1) is 0 Å². The van der Waals surface area contributed by atoms with Gasteiger partial charge in [-0.25, -0.2) is 13.4 Å². The summed E-state index contributed by atoms with van der Waals surface area (Å²) < 4.78 is 29.5. The van der Waals surface area contributed by atoms with Gasteiger partial charge in [0.1, 0.15) is 6.54 Å². The van der Waals surface area contributed by atoms with E-state index in [1.807, 2.05) is 13.8 Å². The van der Waals surface area contributed by atoms with Gasteiger partial charge in [-0.1, -0.05) is 19.0 Å². The predicted octanol–water partition coefficient (Wildman–Crippen LogP) is 0.841. The minimum atomic E-state index is -3.36. The zero-order chi connectivity index (χ0) is 13.3. The molecule has 7 nitrogen and oxygen atoms in total. The molecule has 0 saturated heterocycles. The molecule has 2 aromatic heterocycles. The Labute approximate surface area is 105 Å². The van der Waals surface area contributed by atoms with E-state index in [9.17, 15) is 8.42 Å². The first-order chi connectivity index (χ1) is 8.38. The Morgan fingerprint density at radius 1 is 1.44 bits per heavy atom. The van der Waals surface area contributed by atoms with Crippen LogP contribution in [0.3, 0.4) is 0 Å². The molecule has 2 rings (SSSR count). The molecule has 0 saturated carbocycles. The molecule has 0 fully saturated rings. The van der Waals surface area contributed by atoms with E-state index in [4.69, 9.17) is 4.52 Å². The molecule has 0 bridgehead atoms. The van der Waals surface area contributed by atoms with Crippen molar-refractivity contribution in [2.45, 2.75) is 31.5 Å². The van der Waals surface area contributed by atoms with Crippen molar-refractivity contribution in [2.24, 2.45) is 0 Å². The van der Waals surface area contributed by atoms with E-state index in [2.05, 4.69) is 15.1 Å². The van der Waals surface area contributed by atoms with E-state index in [1.165, 1.54) is 10.8 Å². The largest absolute Gasteiger partial charge is 0.337 e. The average Bonchev–Trinajstić information content (AvgIpc) is 2.85. The highest BCUT2D eigenvalue weighted by Crippen LogP contribution is 2.12. The van der Waals surface area contributed by atoms with Crippen LogP contribution in [0.15, 0.2) is 22.1 Å². The second kappa shape index (κ2) is 4.52. The van der Waals surface area contributed by atoms with Gasteiger partial charge in [-0.15, -0.1) is 0 Å². The zero-order valence-electron chi connectivity index (χ0n) is 10.4. The Kier molecular flexibility index (Phi) is 3.20. The second-order valence-electron chi connectivity index (χ2n) is 4.31. The summed E-state index contributed by atoms with van der Waals surface area (Å²) >= 11 is 0. The molecule has 0 aromatic carbocycles. The topological polar surface area (TPSA) is 90.9 Å². The lowest BCUT2D eigenvalue weighted by molar-refractivity contribution is 0.360. The summed E-state index contributed by atoms with van der Waals surface area (Å²) in [6.45, 7) is 4.10. The van der Waals surface area contributed by atoms with Crippen molar-refractivity contribution in [1.82, 2.24) is 19.7 Å². The highest BCUT2D eigenvalue weighted by molar-refractivity contribution is 7.90. The van der Waals surface area contributed by atoms with Crippen molar-refractivity contribution in [3.05, 3.63) is 24.1 Å². The van der Waals surface area contributed by atoms with Crippen LogP contribution in [0.4, 0.5) is 0 Å². The summed E-state index contributed by atoms with van der Waals surface area (Å²) in [4.78, 5) is 8.00. The van der Waals surface area contributed by atoms with Gasteiger partial charge in [-0.05, 0) is 0 Å². The van der Waals surface area contributed by atoms with E-state index in [-0.39, 0.29) is 17.6 Å². The summed E-state index contributed by atoms with van der Waals surface area (Å²) in [5.74, 6) is 1.13. The molecule has 18 heavy (non-hydrogen) atoms. The summed E-state index contributed by atoms with van der Waals surface area (Å²) in [5, 5.41) is 3.81. The molecule has 0 aliphatic rings. The lowest BCUT2D eigenvalue weighted by Gasteiger charge is -2.02. The van der Waals surface area contributed by atoms with Crippen LogP contribution < -0.4 is 0 Å². The van der Waals surface area contributed by atoms with Crippen molar-refractivity contribution in [3.63, 3.8) is 0 Å². The fourth-order valence-electron chi connectivity index (χ4n) is 1.46. The Morgan fingerprint density at radius 2 is 2.17 bits per heavy atom. The number of hydrogen-bond acceptors (Lipinski definition) is 6. The van der Waals surface area contributed by atoms with Gasteiger partial charge in [0, 0.05) is 24.6 Å². The van der Waals surface area contributed by atoms with Crippen molar-refractivity contribution >= 4 is 9.84 Å². The van der Waals surface area contributed by atoms with Crippen LogP contribution in [0, 0.1) is 0 Å². The van der Waals surface area contributed by atoms with E-state index < -0.39 is 9.84 Å². The van der Waals surface area contributed by atoms with Crippen molar-refractivity contribution < 1.29 is 12.9 Å². The third-order valence-corrected chi connectivity index (χ3v) is 3.32. The maximum atomic E-state index is 11.5. The SMILES string of the molecule is CC(C)c1noc(Cn2ccnc2S(C)(=O)=O)n1. The molecule has 0 unspecified atom stereocenters. The number of rotatable bonds is 4. The first kappa shape index (κ1) is 12.7. The van der Waals surface area contributed by atoms with Gasteiger partial charge >= 0.3 is 0 Å². The number of imidazole rings is 1. The molecular weight excluding hydrogens is 256 g/mol. The standard InChI is InChI=1S/C10H14N4O3S/c1-7(2)9-12-8(17-13-9)6-14-5-4-11-10(14)18(3,15)16/h4-5,7H,6H2,1-3H3. The lowest BCUT2D eigenvalue weighted by atomic mass is 10.2. The maximum absolute atomic E-state index is 11.5.